The Morgan fingerprint density at radius 1 is 1.00 bits per heavy atom. The fraction of sp³-hybridized carbons (Fsp3) is 0.136. The quantitative estimate of drug-likeness (QED) is 0.677. The Kier molecular flexibility index (Phi) is 4.88. The van der Waals surface area contributed by atoms with Gasteiger partial charge in [0.15, 0.2) is 0 Å². The second kappa shape index (κ2) is 7.48. The Balaban J connectivity index is 1.71. The van der Waals surface area contributed by atoms with Crippen LogP contribution in [0.3, 0.4) is 0 Å². The van der Waals surface area contributed by atoms with E-state index in [0.717, 1.165) is 15.7 Å². The average Bonchev–Trinajstić information content (AvgIpc) is 2.97. The predicted molar refractivity (Wildman–Crippen MR) is 111 cm³/mol. The maximum absolute atomic E-state index is 13.0. The number of carbonyl (C=O) groups is 3. The molecule has 3 aromatic rings. The zero-order valence-corrected chi connectivity index (χ0v) is 16.0. The molecule has 0 saturated carbocycles. The van der Waals surface area contributed by atoms with E-state index in [9.17, 15) is 14.4 Å². The van der Waals surface area contributed by atoms with Crippen LogP contribution in [0.5, 0.6) is 0 Å². The van der Waals surface area contributed by atoms with Crippen molar-refractivity contribution in [3.63, 3.8) is 0 Å². The van der Waals surface area contributed by atoms with E-state index in [0.29, 0.717) is 11.4 Å². The number of carbonyl (C=O) groups excluding carboxylic acids is 3. The number of hydrogen-bond acceptors (Lipinski definition) is 4. The maximum atomic E-state index is 13.0. The first-order valence-corrected chi connectivity index (χ1v) is 9.80. The molecule has 28 heavy (non-hydrogen) atoms. The van der Waals surface area contributed by atoms with Gasteiger partial charge in [-0.2, -0.15) is 0 Å². The van der Waals surface area contributed by atoms with Crippen LogP contribution in [-0.2, 0) is 14.4 Å². The van der Waals surface area contributed by atoms with Gasteiger partial charge < -0.3 is 5.32 Å². The second-order valence-electron chi connectivity index (χ2n) is 6.56. The van der Waals surface area contributed by atoms with Crippen molar-refractivity contribution in [3.8, 4) is 0 Å². The summed E-state index contributed by atoms with van der Waals surface area (Å²) < 4.78 is 0. The van der Waals surface area contributed by atoms with Gasteiger partial charge in [0, 0.05) is 18.2 Å². The lowest BCUT2D eigenvalue weighted by molar-refractivity contribution is -0.121. The first kappa shape index (κ1) is 18.3. The highest BCUT2D eigenvalue weighted by Crippen LogP contribution is 2.41. The molecule has 0 aliphatic carbocycles. The number of anilines is 2. The largest absolute Gasteiger partial charge is 0.325 e. The van der Waals surface area contributed by atoms with Gasteiger partial charge in [-0.25, -0.2) is 4.90 Å². The Bertz CT molecular complexity index is 1080. The van der Waals surface area contributed by atoms with Gasteiger partial charge in [0.25, 0.3) is 0 Å². The summed E-state index contributed by atoms with van der Waals surface area (Å²) in [7, 11) is 0. The van der Waals surface area contributed by atoms with Crippen LogP contribution in [0.1, 0.15) is 13.3 Å². The fourth-order valence-electron chi connectivity index (χ4n) is 3.34. The third kappa shape index (κ3) is 3.39. The molecule has 1 aliphatic heterocycles. The van der Waals surface area contributed by atoms with Crippen LogP contribution in [0.4, 0.5) is 11.4 Å². The van der Waals surface area contributed by atoms with Gasteiger partial charge in [0.05, 0.1) is 16.6 Å². The standard InChI is InChI=1S/C22H18N2O3S/c1-14(25)23-18-12-11-15-7-5-6-10-17(15)21(18)28-19-13-20(26)24(22(19)27)16-8-3-2-4-9-16/h2-12,19H,13H2,1H3,(H,23,25)/t19-/m1/s1. The summed E-state index contributed by atoms with van der Waals surface area (Å²) in [5, 5.41) is 4.25. The third-order valence-corrected chi connectivity index (χ3v) is 5.90. The Morgan fingerprint density at radius 3 is 2.46 bits per heavy atom. The van der Waals surface area contributed by atoms with E-state index >= 15 is 0 Å². The van der Waals surface area contributed by atoms with Crippen molar-refractivity contribution in [2.45, 2.75) is 23.5 Å². The monoisotopic (exact) mass is 390 g/mol. The molecule has 1 saturated heterocycles. The van der Waals surface area contributed by atoms with Crippen LogP contribution in [0.25, 0.3) is 10.8 Å². The van der Waals surface area contributed by atoms with Crippen molar-refractivity contribution in [2.24, 2.45) is 0 Å². The van der Waals surface area contributed by atoms with Gasteiger partial charge in [-0.3, -0.25) is 14.4 Å². The molecule has 140 valence electrons. The zero-order chi connectivity index (χ0) is 19.7. The number of nitrogens with zero attached hydrogens (tertiary/aromatic N) is 1. The number of hydrogen-bond donors (Lipinski definition) is 1. The number of rotatable bonds is 4. The van der Waals surface area contributed by atoms with E-state index in [2.05, 4.69) is 5.32 Å². The van der Waals surface area contributed by atoms with E-state index in [1.165, 1.54) is 23.6 Å². The van der Waals surface area contributed by atoms with E-state index in [1.54, 1.807) is 24.3 Å². The summed E-state index contributed by atoms with van der Waals surface area (Å²) in [4.78, 5) is 39.2. The average molecular weight is 390 g/mol. The summed E-state index contributed by atoms with van der Waals surface area (Å²) in [6.45, 7) is 1.45. The summed E-state index contributed by atoms with van der Waals surface area (Å²) in [6, 6.07) is 20.5. The minimum Gasteiger partial charge on any atom is -0.325 e. The molecule has 4 rings (SSSR count). The summed E-state index contributed by atoms with van der Waals surface area (Å²) in [5.74, 6) is -0.630. The van der Waals surface area contributed by atoms with Gasteiger partial charge in [-0.1, -0.05) is 48.5 Å². The molecule has 3 aromatic carbocycles. The van der Waals surface area contributed by atoms with Crippen molar-refractivity contribution in [3.05, 3.63) is 66.7 Å². The lowest BCUT2D eigenvalue weighted by Crippen LogP contribution is -2.31. The van der Waals surface area contributed by atoms with Gasteiger partial charge in [0.2, 0.25) is 17.7 Å². The summed E-state index contributed by atoms with van der Waals surface area (Å²) >= 11 is 1.33. The van der Waals surface area contributed by atoms with Crippen LogP contribution in [0.2, 0.25) is 0 Å². The Hall–Kier alpha value is -3.12. The predicted octanol–water partition coefficient (Wildman–Crippen LogP) is 4.22. The molecule has 0 unspecified atom stereocenters. The summed E-state index contributed by atoms with van der Waals surface area (Å²) in [6.07, 6.45) is 0.126. The molecule has 0 radical (unpaired) electrons. The van der Waals surface area contributed by atoms with E-state index in [4.69, 9.17) is 0 Å². The molecule has 0 bridgehead atoms. The topological polar surface area (TPSA) is 66.5 Å². The number of fused-ring (bicyclic) bond motifs is 1. The number of benzene rings is 3. The molecule has 6 heteroatoms. The SMILES string of the molecule is CC(=O)Nc1ccc2ccccc2c1S[C@@H]1CC(=O)N(c2ccccc2)C1=O. The van der Waals surface area contributed by atoms with Crippen LogP contribution in [-0.4, -0.2) is 23.0 Å². The lowest BCUT2D eigenvalue weighted by Gasteiger charge is -2.17. The molecule has 5 nitrogen and oxygen atoms in total. The van der Waals surface area contributed by atoms with Crippen LogP contribution >= 0.6 is 11.8 Å². The molecule has 1 N–H and O–H groups in total. The Morgan fingerprint density at radius 2 is 1.71 bits per heavy atom. The van der Waals surface area contributed by atoms with Gasteiger partial charge in [-0.05, 0) is 29.0 Å². The van der Waals surface area contributed by atoms with Crippen molar-refractivity contribution in [1.82, 2.24) is 0 Å². The molecule has 0 aromatic heterocycles. The van der Waals surface area contributed by atoms with E-state index < -0.39 is 5.25 Å². The van der Waals surface area contributed by atoms with Crippen molar-refractivity contribution in [2.75, 3.05) is 10.2 Å². The molecule has 3 amide bonds. The van der Waals surface area contributed by atoms with E-state index in [-0.39, 0.29) is 24.1 Å². The maximum Gasteiger partial charge on any atom is 0.247 e. The summed E-state index contributed by atoms with van der Waals surface area (Å²) in [5.41, 5.74) is 1.23. The molecule has 0 spiro atoms. The number of imide groups is 1. The number of para-hydroxylation sites is 1. The Labute approximate surface area is 166 Å². The highest BCUT2D eigenvalue weighted by Gasteiger charge is 2.40. The number of amides is 3. The van der Waals surface area contributed by atoms with Crippen molar-refractivity contribution in [1.29, 1.82) is 0 Å². The molecular weight excluding hydrogens is 372 g/mol. The van der Waals surface area contributed by atoms with Crippen LogP contribution < -0.4 is 10.2 Å². The fourth-order valence-corrected chi connectivity index (χ4v) is 4.62. The minimum atomic E-state index is -0.536. The molecule has 1 atom stereocenters. The molecule has 1 fully saturated rings. The number of nitrogens with one attached hydrogen (secondary N) is 1. The smallest absolute Gasteiger partial charge is 0.247 e. The molecular formula is C22H18N2O3S. The second-order valence-corrected chi connectivity index (χ2v) is 7.77. The van der Waals surface area contributed by atoms with Crippen molar-refractivity contribution < 1.29 is 14.4 Å². The highest BCUT2D eigenvalue weighted by atomic mass is 32.2. The van der Waals surface area contributed by atoms with Gasteiger partial charge >= 0.3 is 0 Å². The van der Waals surface area contributed by atoms with Gasteiger partial charge in [0.1, 0.15) is 0 Å². The number of thioether (sulfide) groups is 1. The van der Waals surface area contributed by atoms with Crippen LogP contribution in [0.15, 0.2) is 71.6 Å². The highest BCUT2D eigenvalue weighted by molar-refractivity contribution is 8.01. The normalized spacial score (nSPS) is 16.6. The van der Waals surface area contributed by atoms with Crippen molar-refractivity contribution >= 4 is 51.6 Å². The first-order valence-electron chi connectivity index (χ1n) is 8.92. The molecule has 1 heterocycles. The minimum absolute atomic E-state index is 0.126. The van der Waals surface area contributed by atoms with Gasteiger partial charge in [-0.15, -0.1) is 11.8 Å². The first-order chi connectivity index (χ1) is 13.5. The third-order valence-electron chi connectivity index (χ3n) is 4.57. The van der Waals surface area contributed by atoms with E-state index in [1.807, 2.05) is 42.5 Å². The zero-order valence-electron chi connectivity index (χ0n) is 15.2. The lowest BCUT2D eigenvalue weighted by atomic mass is 10.1. The van der Waals surface area contributed by atoms with Crippen LogP contribution in [0, 0.1) is 0 Å². The molecule has 1 aliphatic rings.